The third-order valence-electron chi connectivity index (χ3n) is 3.10. The molecule has 0 amide bonds. The normalized spacial score (nSPS) is 22.8. The summed E-state index contributed by atoms with van der Waals surface area (Å²) in [5, 5.41) is 3.28. The number of morpholine rings is 1. The van der Waals surface area contributed by atoms with Crippen molar-refractivity contribution in [2.24, 2.45) is 5.73 Å². The van der Waals surface area contributed by atoms with Gasteiger partial charge in [-0.05, 0) is 17.7 Å². The smallest absolute Gasteiger partial charge is 0.181 e. The van der Waals surface area contributed by atoms with Gasteiger partial charge >= 0.3 is 0 Å². The first kappa shape index (κ1) is 10.7. The van der Waals surface area contributed by atoms with Gasteiger partial charge in [-0.25, -0.2) is 4.98 Å². The predicted molar refractivity (Wildman–Crippen MR) is 63.5 cm³/mol. The van der Waals surface area contributed by atoms with Gasteiger partial charge in [0.15, 0.2) is 12.0 Å². The van der Waals surface area contributed by atoms with Gasteiger partial charge in [0, 0.05) is 13.1 Å². The Kier molecular flexibility index (Phi) is 2.80. The molecule has 0 bridgehead atoms. The number of hydrogen-bond donors (Lipinski definition) is 2. The molecule has 5 nitrogen and oxygen atoms in total. The van der Waals surface area contributed by atoms with Crippen LogP contribution in [0.2, 0.25) is 0 Å². The van der Waals surface area contributed by atoms with Crippen LogP contribution in [0.15, 0.2) is 29.0 Å². The van der Waals surface area contributed by atoms with E-state index in [0.717, 1.165) is 29.8 Å². The first-order valence-corrected chi connectivity index (χ1v) is 5.75. The highest BCUT2D eigenvalue weighted by Crippen LogP contribution is 2.22. The average molecular weight is 233 g/mol. The summed E-state index contributed by atoms with van der Waals surface area (Å²) < 4.78 is 10.9. The van der Waals surface area contributed by atoms with Crippen LogP contribution in [-0.4, -0.2) is 30.8 Å². The van der Waals surface area contributed by atoms with Gasteiger partial charge in [-0.3, -0.25) is 0 Å². The van der Waals surface area contributed by atoms with Gasteiger partial charge < -0.3 is 20.2 Å². The highest BCUT2D eigenvalue weighted by molar-refractivity contribution is 5.72. The summed E-state index contributed by atoms with van der Waals surface area (Å²) >= 11 is 0. The van der Waals surface area contributed by atoms with Crippen molar-refractivity contribution in [2.75, 3.05) is 19.7 Å². The second-order valence-corrected chi connectivity index (χ2v) is 4.22. The molecule has 2 unspecified atom stereocenters. The van der Waals surface area contributed by atoms with Crippen LogP contribution in [0.5, 0.6) is 0 Å². The van der Waals surface area contributed by atoms with Crippen molar-refractivity contribution in [3.05, 3.63) is 30.2 Å². The second-order valence-electron chi connectivity index (χ2n) is 4.22. The minimum atomic E-state index is -0.141. The van der Waals surface area contributed by atoms with Crippen molar-refractivity contribution in [1.29, 1.82) is 0 Å². The fourth-order valence-corrected chi connectivity index (χ4v) is 2.11. The molecule has 1 aromatic heterocycles. The third-order valence-corrected chi connectivity index (χ3v) is 3.10. The number of nitrogens with zero attached hydrogens (tertiary/aromatic N) is 1. The van der Waals surface area contributed by atoms with Crippen molar-refractivity contribution >= 4 is 11.1 Å². The molecule has 1 saturated heterocycles. The summed E-state index contributed by atoms with van der Waals surface area (Å²) in [5.74, 6) is 0. The van der Waals surface area contributed by atoms with Crippen molar-refractivity contribution < 1.29 is 9.15 Å². The van der Waals surface area contributed by atoms with E-state index in [9.17, 15) is 0 Å². The van der Waals surface area contributed by atoms with E-state index < -0.39 is 0 Å². The molecule has 0 saturated carbocycles. The Bertz CT molecular complexity index is 505. The Hall–Kier alpha value is -1.43. The average Bonchev–Trinajstić information content (AvgIpc) is 2.86. The molecule has 0 radical (unpaired) electrons. The number of ether oxygens (including phenoxy) is 1. The number of hydrogen-bond acceptors (Lipinski definition) is 5. The fourth-order valence-electron chi connectivity index (χ4n) is 2.11. The molecule has 1 aliphatic rings. The highest BCUT2D eigenvalue weighted by Gasteiger charge is 2.22. The number of rotatable bonds is 2. The molecule has 0 spiro atoms. The number of nitrogens with one attached hydrogen (secondary N) is 1. The lowest BCUT2D eigenvalue weighted by atomic mass is 10.0. The molecule has 2 atom stereocenters. The van der Waals surface area contributed by atoms with E-state index in [1.807, 2.05) is 18.2 Å². The van der Waals surface area contributed by atoms with Crippen LogP contribution in [0.1, 0.15) is 11.6 Å². The Morgan fingerprint density at radius 1 is 1.47 bits per heavy atom. The molecule has 1 fully saturated rings. The van der Waals surface area contributed by atoms with Gasteiger partial charge in [0.05, 0.1) is 18.8 Å². The van der Waals surface area contributed by atoms with Gasteiger partial charge in [0.25, 0.3) is 0 Å². The van der Waals surface area contributed by atoms with Crippen LogP contribution in [0.4, 0.5) is 0 Å². The summed E-state index contributed by atoms with van der Waals surface area (Å²) in [6.45, 7) is 2.39. The standard InChI is InChI=1S/C12H15N3O2/c13-12(11-6-14-3-4-16-11)8-1-2-9-10(5-8)17-7-15-9/h1-2,5,7,11-12,14H,3-4,6,13H2. The Morgan fingerprint density at radius 3 is 3.24 bits per heavy atom. The van der Waals surface area contributed by atoms with Crippen LogP contribution >= 0.6 is 0 Å². The number of oxazole rings is 1. The number of fused-ring (bicyclic) bond motifs is 1. The topological polar surface area (TPSA) is 73.3 Å². The molecule has 17 heavy (non-hydrogen) atoms. The maximum atomic E-state index is 6.20. The van der Waals surface area contributed by atoms with E-state index in [0.29, 0.717) is 6.61 Å². The van der Waals surface area contributed by atoms with E-state index in [2.05, 4.69) is 10.3 Å². The van der Waals surface area contributed by atoms with Crippen molar-refractivity contribution in [3.8, 4) is 0 Å². The molecule has 0 aliphatic carbocycles. The fraction of sp³-hybridized carbons (Fsp3) is 0.417. The summed E-state index contributed by atoms with van der Waals surface area (Å²) in [5.41, 5.74) is 8.84. The Morgan fingerprint density at radius 2 is 2.41 bits per heavy atom. The second kappa shape index (κ2) is 4.44. The number of aromatic nitrogens is 1. The zero-order chi connectivity index (χ0) is 11.7. The predicted octanol–water partition coefficient (Wildman–Crippen LogP) is 0.816. The van der Waals surface area contributed by atoms with E-state index >= 15 is 0 Å². The maximum Gasteiger partial charge on any atom is 0.181 e. The molecular weight excluding hydrogens is 218 g/mol. The van der Waals surface area contributed by atoms with E-state index in [-0.39, 0.29) is 12.1 Å². The summed E-state index contributed by atoms with van der Waals surface area (Å²) in [7, 11) is 0. The van der Waals surface area contributed by atoms with E-state index in [1.165, 1.54) is 6.39 Å². The lowest BCUT2D eigenvalue weighted by Gasteiger charge is -2.28. The molecule has 3 rings (SSSR count). The largest absolute Gasteiger partial charge is 0.443 e. The lowest BCUT2D eigenvalue weighted by Crippen LogP contribution is -2.44. The summed E-state index contributed by atoms with van der Waals surface area (Å²) in [6, 6.07) is 5.69. The van der Waals surface area contributed by atoms with Gasteiger partial charge in [-0.1, -0.05) is 6.07 Å². The minimum absolute atomic E-state index is 0.0177. The van der Waals surface area contributed by atoms with Crippen molar-refractivity contribution in [3.63, 3.8) is 0 Å². The molecule has 1 aromatic carbocycles. The zero-order valence-electron chi connectivity index (χ0n) is 9.43. The quantitative estimate of drug-likeness (QED) is 0.803. The third kappa shape index (κ3) is 2.04. The van der Waals surface area contributed by atoms with Crippen LogP contribution in [0, 0.1) is 0 Å². The van der Waals surface area contributed by atoms with Crippen molar-refractivity contribution in [1.82, 2.24) is 10.3 Å². The molecule has 2 aromatic rings. The minimum Gasteiger partial charge on any atom is -0.443 e. The van der Waals surface area contributed by atoms with E-state index in [1.54, 1.807) is 0 Å². The maximum absolute atomic E-state index is 6.20. The highest BCUT2D eigenvalue weighted by atomic mass is 16.5. The first-order chi connectivity index (χ1) is 8.34. The Labute approximate surface area is 98.9 Å². The molecular formula is C12H15N3O2. The SMILES string of the molecule is NC(c1ccc2ncoc2c1)C1CNCCO1. The molecule has 1 aliphatic heterocycles. The molecule has 5 heteroatoms. The first-order valence-electron chi connectivity index (χ1n) is 5.75. The zero-order valence-corrected chi connectivity index (χ0v) is 9.43. The van der Waals surface area contributed by atoms with Crippen molar-refractivity contribution in [2.45, 2.75) is 12.1 Å². The molecule has 90 valence electrons. The number of nitrogens with two attached hydrogens (primary N) is 1. The Balaban J connectivity index is 1.86. The number of benzene rings is 1. The summed E-state index contributed by atoms with van der Waals surface area (Å²) in [6.07, 6.45) is 1.46. The summed E-state index contributed by atoms with van der Waals surface area (Å²) in [4.78, 5) is 4.08. The van der Waals surface area contributed by atoms with Crippen LogP contribution in [0.25, 0.3) is 11.1 Å². The van der Waals surface area contributed by atoms with Gasteiger partial charge in [-0.2, -0.15) is 0 Å². The van der Waals surface area contributed by atoms with Crippen LogP contribution < -0.4 is 11.1 Å². The van der Waals surface area contributed by atoms with E-state index in [4.69, 9.17) is 14.9 Å². The van der Waals surface area contributed by atoms with Gasteiger partial charge in [0.2, 0.25) is 0 Å². The van der Waals surface area contributed by atoms with Crippen LogP contribution in [0.3, 0.4) is 0 Å². The lowest BCUT2D eigenvalue weighted by molar-refractivity contribution is 0.0122. The molecule has 3 N–H and O–H groups in total. The van der Waals surface area contributed by atoms with Gasteiger partial charge in [0.1, 0.15) is 5.52 Å². The van der Waals surface area contributed by atoms with Crippen LogP contribution in [-0.2, 0) is 4.74 Å². The van der Waals surface area contributed by atoms with Gasteiger partial charge in [-0.15, -0.1) is 0 Å². The monoisotopic (exact) mass is 233 g/mol. The molecule has 2 heterocycles.